The number of amides is 1. The van der Waals surface area contributed by atoms with Crippen LogP contribution in [0.1, 0.15) is 59.2 Å². The van der Waals surface area contributed by atoms with Gasteiger partial charge < -0.3 is 10.4 Å². The topological polar surface area (TPSA) is 66.4 Å². The average molecular weight is 363 g/mol. The molecule has 0 heterocycles. The van der Waals surface area contributed by atoms with Crippen molar-refractivity contribution in [1.82, 2.24) is 5.32 Å². The highest BCUT2D eigenvalue weighted by atomic mass is 16.4. The first-order valence-electron chi connectivity index (χ1n) is 10.1. The molecule has 1 amide bonds. The van der Waals surface area contributed by atoms with Crippen molar-refractivity contribution >= 4 is 22.6 Å². The van der Waals surface area contributed by atoms with Gasteiger partial charge in [-0.05, 0) is 79.2 Å². The summed E-state index contributed by atoms with van der Waals surface area (Å²) in [6.07, 6.45) is 7.90. The van der Waals surface area contributed by atoms with Crippen LogP contribution in [0.15, 0.2) is 36.4 Å². The Kier molecular flexibility index (Phi) is 3.78. The standard InChI is InChI=1S/C23H25NO3/c25-21(18-5-1-3-17-4-2-6-19(20(17)18)22(26)27)24-13-23-10-14-7-15(11-23)9-16(8-14)12-23/h1-6,14-16H,7-13H2,(H,24,25)(H,26,27). The Balaban J connectivity index is 1.41. The summed E-state index contributed by atoms with van der Waals surface area (Å²) in [4.78, 5) is 24.7. The molecule has 0 unspecified atom stereocenters. The number of hydrogen-bond acceptors (Lipinski definition) is 2. The van der Waals surface area contributed by atoms with Crippen LogP contribution in [0, 0.1) is 23.2 Å². The molecular formula is C23H25NO3. The van der Waals surface area contributed by atoms with Crippen LogP contribution in [0.2, 0.25) is 0 Å². The largest absolute Gasteiger partial charge is 0.478 e. The molecule has 0 atom stereocenters. The zero-order valence-corrected chi connectivity index (χ0v) is 15.4. The first-order chi connectivity index (χ1) is 13.0. The number of carbonyl (C=O) groups is 2. The Morgan fingerprint density at radius 2 is 1.48 bits per heavy atom. The van der Waals surface area contributed by atoms with Crippen molar-refractivity contribution in [1.29, 1.82) is 0 Å². The molecule has 4 aliphatic rings. The van der Waals surface area contributed by atoms with Crippen molar-refractivity contribution in [3.8, 4) is 0 Å². The Bertz CT molecular complexity index is 892. The summed E-state index contributed by atoms with van der Waals surface area (Å²) in [6.45, 7) is 0.723. The van der Waals surface area contributed by atoms with Gasteiger partial charge in [0.15, 0.2) is 0 Å². The second-order valence-corrected chi connectivity index (χ2v) is 9.11. The number of rotatable bonds is 4. The highest BCUT2D eigenvalue weighted by Crippen LogP contribution is 2.59. The van der Waals surface area contributed by atoms with E-state index in [1.807, 2.05) is 18.2 Å². The van der Waals surface area contributed by atoms with Gasteiger partial charge in [0.1, 0.15) is 0 Å². The van der Waals surface area contributed by atoms with Gasteiger partial charge in [0.05, 0.1) is 5.56 Å². The molecule has 0 aromatic heterocycles. The van der Waals surface area contributed by atoms with Gasteiger partial charge in [-0.1, -0.05) is 24.3 Å². The summed E-state index contributed by atoms with van der Waals surface area (Å²) in [5.74, 6) is 1.41. The summed E-state index contributed by atoms with van der Waals surface area (Å²) in [6, 6.07) is 10.6. The Hall–Kier alpha value is -2.36. The van der Waals surface area contributed by atoms with Crippen molar-refractivity contribution in [3.63, 3.8) is 0 Å². The number of carboxylic acid groups (broad SMARTS) is 1. The fraction of sp³-hybridized carbons (Fsp3) is 0.478. The highest BCUT2D eigenvalue weighted by Gasteiger charge is 2.50. The van der Waals surface area contributed by atoms with E-state index in [1.165, 1.54) is 38.5 Å². The van der Waals surface area contributed by atoms with Crippen molar-refractivity contribution in [2.45, 2.75) is 38.5 Å². The Morgan fingerprint density at radius 3 is 2.04 bits per heavy atom. The fourth-order valence-electron chi connectivity index (χ4n) is 6.58. The number of nitrogens with one attached hydrogen (secondary N) is 1. The third-order valence-electron chi connectivity index (χ3n) is 7.17. The minimum atomic E-state index is -0.998. The summed E-state index contributed by atoms with van der Waals surface area (Å²) in [7, 11) is 0. The van der Waals surface area contributed by atoms with Crippen LogP contribution in [0.3, 0.4) is 0 Å². The highest BCUT2D eigenvalue weighted by molar-refractivity contribution is 6.14. The van der Waals surface area contributed by atoms with E-state index in [-0.39, 0.29) is 16.9 Å². The molecule has 2 aromatic rings. The quantitative estimate of drug-likeness (QED) is 0.841. The molecule has 2 aromatic carbocycles. The predicted octanol–water partition coefficient (Wildman–Crippen LogP) is 4.48. The smallest absolute Gasteiger partial charge is 0.336 e. The predicted molar refractivity (Wildman–Crippen MR) is 104 cm³/mol. The molecule has 4 aliphatic carbocycles. The van der Waals surface area contributed by atoms with Crippen molar-refractivity contribution < 1.29 is 14.7 Å². The van der Waals surface area contributed by atoms with Crippen LogP contribution in [0.25, 0.3) is 10.8 Å². The first-order valence-corrected chi connectivity index (χ1v) is 10.1. The van der Waals surface area contributed by atoms with Gasteiger partial charge in [0.25, 0.3) is 5.91 Å². The third kappa shape index (κ3) is 2.82. The summed E-state index contributed by atoms with van der Waals surface area (Å²) >= 11 is 0. The number of aromatic carboxylic acids is 1. The van der Waals surface area contributed by atoms with Crippen LogP contribution in [0.4, 0.5) is 0 Å². The molecule has 4 bridgehead atoms. The molecule has 4 saturated carbocycles. The molecule has 6 rings (SSSR count). The lowest BCUT2D eigenvalue weighted by atomic mass is 9.49. The second-order valence-electron chi connectivity index (χ2n) is 9.11. The molecular weight excluding hydrogens is 338 g/mol. The lowest BCUT2D eigenvalue weighted by Crippen LogP contribution is -2.51. The van der Waals surface area contributed by atoms with Crippen LogP contribution >= 0.6 is 0 Å². The van der Waals surface area contributed by atoms with Gasteiger partial charge in [-0.2, -0.15) is 0 Å². The van der Waals surface area contributed by atoms with E-state index in [0.717, 1.165) is 29.7 Å². The van der Waals surface area contributed by atoms with Crippen LogP contribution < -0.4 is 5.32 Å². The van der Waals surface area contributed by atoms with Crippen LogP contribution in [0.5, 0.6) is 0 Å². The van der Waals surface area contributed by atoms with Gasteiger partial charge in [-0.15, -0.1) is 0 Å². The third-order valence-corrected chi connectivity index (χ3v) is 7.17. The van der Waals surface area contributed by atoms with Crippen molar-refractivity contribution in [2.75, 3.05) is 6.54 Å². The number of carbonyl (C=O) groups excluding carboxylic acids is 1. The Morgan fingerprint density at radius 1 is 0.926 bits per heavy atom. The van der Waals surface area contributed by atoms with E-state index in [0.29, 0.717) is 10.9 Å². The number of hydrogen-bond donors (Lipinski definition) is 2. The molecule has 4 nitrogen and oxygen atoms in total. The molecule has 0 spiro atoms. The van der Waals surface area contributed by atoms with E-state index >= 15 is 0 Å². The Labute approximate surface area is 159 Å². The van der Waals surface area contributed by atoms with E-state index in [2.05, 4.69) is 5.32 Å². The molecule has 27 heavy (non-hydrogen) atoms. The van der Waals surface area contributed by atoms with E-state index in [4.69, 9.17) is 0 Å². The SMILES string of the molecule is O=C(O)c1cccc2cccc(C(=O)NCC34CC5CC(CC(C5)C3)C4)c12. The number of carboxylic acids is 1. The molecule has 140 valence electrons. The zero-order chi connectivity index (χ0) is 18.6. The summed E-state index contributed by atoms with van der Waals surface area (Å²) < 4.78 is 0. The van der Waals surface area contributed by atoms with E-state index in [9.17, 15) is 14.7 Å². The monoisotopic (exact) mass is 363 g/mol. The minimum Gasteiger partial charge on any atom is -0.478 e. The van der Waals surface area contributed by atoms with Crippen molar-refractivity contribution in [2.24, 2.45) is 23.2 Å². The summed E-state index contributed by atoms with van der Waals surface area (Å²) in [5.41, 5.74) is 0.924. The van der Waals surface area contributed by atoms with Gasteiger partial charge in [-0.3, -0.25) is 4.79 Å². The maximum Gasteiger partial charge on any atom is 0.336 e. The van der Waals surface area contributed by atoms with E-state index < -0.39 is 5.97 Å². The van der Waals surface area contributed by atoms with Gasteiger partial charge in [-0.25, -0.2) is 4.79 Å². The number of benzene rings is 2. The molecule has 0 radical (unpaired) electrons. The van der Waals surface area contributed by atoms with Crippen LogP contribution in [-0.4, -0.2) is 23.5 Å². The maximum absolute atomic E-state index is 13.0. The fourth-order valence-corrected chi connectivity index (χ4v) is 6.58. The lowest BCUT2D eigenvalue weighted by Gasteiger charge is -2.56. The van der Waals surface area contributed by atoms with Crippen LogP contribution in [-0.2, 0) is 0 Å². The molecule has 2 N–H and O–H groups in total. The van der Waals surface area contributed by atoms with Gasteiger partial charge in [0, 0.05) is 17.5 Å². The molecule has 4 heteroatoms. The molecule has 4 fully saturated rings. The molecule has 0 aliphatic heterocycles. The lowest BCUT2D eigenvalue weighted by molar-refractivity contribution is -0.0503. The number of fused-ring (bicyclic) bond motifs is 1. The second kappa shape index (κ2) is 6.08. The molecule has 0 saturated heterocycles. The zero-order valence-electron chi connectivity index (χ0n) is 15.4. The van der Waals surface area contributed by atoms with Gasteiger partial charge in [0.2, 0.25) is 0 Å². The van der Waals surface area contributed by atoms with Crippen molar-refractivity contribution in [3.05, 3.63) is 47.5 Å². The van der Waals surface area contributed by atoms with Gasteiger partial charge >= 0.3 is 5.97 Å². The average Bonchev–Trinajstić information content (AvgIpc) is 2.64. The normalized spacial score (nSPS) is 31.2. The maximum atomic E-state index is 13.0. The first kappa shape index (κ1) is 16.8. The van der Waals surface area contributed by atoms with E-state index in [1.54, 1.807) is 18.2 Å². The summed E-state index contributed by atoms with van der Waals surface area (Å²) in [5, 5.41) is 14.1. The minimum absolute atomic E-state index is 0.148.